The van der Waals surface area contributed by atoms with Crippen molar-refractivity contribution in [2.45, 2.75) is 76.0 Å². The molecule has 2 spiro atoms. The number of hydrogen-bond donors (Lipinski definition) is 1. The molecule has 3 fully saturated rings. The Morgan fingerprint density at radius 1 is 1.22 bits per heavy atom. The van der Waals surface area contributed by atoms with Gasteiger partial charge in [0.15, 0.2) is 5.54 Å². The van der Waals surface area contributed by atoms with Crippen molar-refractivity contribution in [2.24, 2.45) is 11.3 Å². The Kier molecular flexibility index (Phi) is 4.82. The molecule has 6 nitrogen and oxygen atoms in total. The van der Waals surface area contributed by atoms with E-state index >= 15 is 0 Å². The zero-order chi connectivity index (χ0) is 22.9. The van der Waals surface area contributed by atoms with Crippen molar-refractivity contribution in [3.63, 3.8) is 0 Å². The zero-order valence-electron chi connectivity index (χ0n) is 18.7. The molecule has 174 valence electrons. The Balaban J connectivity index is 1.53. The summed E-state index contributed by atoms with van der Waals surface area (Å²) in [5.41, 5.74) is 0.146. The van der Waals surface area contributed by atoms with E-state index < -0.39 is 22.8 Å². The van der Waals surface area contributed by atoms with Gasteiger partial charge in [-0.05, 0) is 69.2 Å². The van der Waals surface area contributed by atoms with Crippen molar-refractivity contribution < 1.29 is 27.8 Å². The highest BCUT2D eigenvalue weighted by Crippen LogP contribution is 2.60. The Morgan fingerprint density at radius 2 is 1.91 bits per heavy atom. The van der Waals surface area contributed by atoms with Gasteiger partial charge in [-0.3, -0.25) is 9.69 Å². The van der Waals surface area contributed by atoms with Gasteiger partial charge in [-0.1, -0.05) is 6.07 Å². The predicted molar refractivity (Wildman–Crippen MR) is 113 cm³/mol. The van der Waals surface area contributed by atoms with Crippen LogP contribution in [0.15, 0.2) is 18.2 Å². The lowest BCUT2D eigenvalue weighted by atomic mass is 9.61. The van der Waals surface area contributed by atoms with Crippen LogP contribution in [0, 0.1) is 11.3 Å². The Hall–Kier alpha value is -2.22. The third-order valence-corrected chi connectivity index (χ3v) is 8.01. The van der Waals surface area contributed by atoms with Crippen LogP contribution in [0.25, 0.3) is 0 Å². The number of methoxy groups -OCH3 is 1. The smallest absolute Gasteiger partial charge is 0.325 e. The minimum Gasteiger partial charge on any atom is -0.493 e. The molecule has 1 N–H and O–H groups in total. The number of hydrogen-bond acceptors (Lipinski definition) is 4. The lowest BCUT2D eigenvalue weighted by molar-refractivity contribution is -0.139. The quantitative estimate of drug-likeness (QED) is 0.692. The summed E-state index contributed by atoms with van der Waals surface area (Å²) in [7, 11) is 1.71. The molecule has 0 bridgehead atoms. The van der Waals surface area contributed by atoms with Crippen molar-refractivity contribution in [2.75, 3.05) is 13.7 Å². The Bertz CT molecular complexity index is 957. The number of alkyl halides is 2. The normalized spacial score (nSPS) is 35.0. The highest BCUT2D eigenvalue weighted by molar-refractivity contribution is 6.09. The summed E-state index contributed by atoms with van der Waals surface area (Å²) in [4.78, 5) is 28.2. The van der Waals surface area contributed by atoms with Gasteiger partial charge in [0.1, 0.15) is 5.75 Å². The molecular formula is C24H30F2N2O4. The van der Waals surface area contributed by atoms with Crippen LogP contribution in [0.4, 0.5) is 13.6 Å². The van der Waals surface area contributed by atoms with E-state index in [-0.39, 0.29) is 37.1 Å². The van der Waals surface area contributed by atoms with Gasteiger partial charge < -0.3 is 14.8 Å². The van der Waals surface area contributed by atoms with E-state index in [4.69, 9.17) is 9.47 Å². The number of halogens is 2. The largest absolute Gasteiger partial charge is 0.493 e. The molecule has 1 aromatic carbocycles. The van der Waals surface area contributed by atoms with Gasteiger partial charge in [-0.2, -0.15) is 0 Å². The van der Waals surface area contributed by atoms with Crippen LogP contribution in [0.1, 0.15) is 57.1 Å². The molecule has 3 aliphatic carbocycles. The first-order valence-corrected chi connectivity index (χ1v) is 11.5. The minimum atomic E-state index is -2.64. The average molecular weight is 449 g/mol. The second kappa shape index (κ2) is 7.14. The van der Waals surface area contributed by atoms with Crippen LogP contribution in [-0.2, 0) is 21.5 Å². The molecule has 1 saturated heterocycles. The summed E-state index contributed by atoms with van der Waals surface area (Å²) in [5, 5.41) is 3.10. The molecule has 32 heavy (non-hydrogen) atoms. The molecular weight excluding hydrogens is 418 g/mol. The molecule has 1 aliphatic heterocycles. The number of urea groups is 1. The summed E-state index contributed by atoms with van der Waals surface area (Å²) >= 11 is 0. The second-order valence-corrected chi connectivity index (χ2v) is 10.1. The van der Waals surface area contributed by atoms with Crippen LogP contribution in [0.2, 0.25) is 0 Å². The lowest BCUT2D eigenvalue weighted by Crippen LogP contribution is -2.57. The summed E-state index contributed by atoms with van der Waals surface area (Å²) < 4.78 is 37.8. The number of fused-ring (bicyclic) bond motifs is 3. The van der Waals surface area contributed by atoms with Gasteiger partial charge in [0.2, 0.25) is 0 Å². The predicted octanol–water partition coefficient (Wildman–Crippen LogP) is 4.01. The van der Waals surface area contributed by atoms with E-state index in [1.807, 2.05) is 19.9 Å². The van der Waals surface area contributed by atoms with Crippen molar-refractivity contribution in [3.05, 3.63) is 29.3 Å². The minimum absolute atomic E-state index is 0.0577. The van der Waals surface area contributed by atoms with E-state index in [0.29, 0.717) is 12.2 Å². The van der Waals surface area contributed by atoms with Gasteiger partial charge in [0, 0.05) is 25.0 Å². The maximum Gasteiger partial charge on any atom is 0.325 e. The number of carbonyl (C=O) groups is 2. The van der Waals surface area contributed by atoms with Gasteiger partial charge in [0.05, 0.1) is 18.6 Å². The van der Waals surface area contributed by atoms with Gasteiger partial charge in [-0.25, -0.2) is 13.6 Å². The fourth-order valence-electron chi connectivity index (χ4n) is 6.07. The molecule has 0 radical (unpaired) electrons. The van der Waals surface area contributed by atoms with Crippen molar-refractivity contribution in [1.82, 2.24) is 10.2 Å². The third kappa shape index (κ3) is 2.98. The molecule has 0 aromatic heterocycles. The second-order valence-electron chi connectivity index (χ2n) is 10.1. The van der Waals surface area contributed by atoms with Gasteiger partial charge in [0.25, 0.3) is 11.8 Å². The van der Waals surface area contributed by atoms with Crippen LogP contribution < -0.4 is 10.1 Å². The summed E-state index contributed by atoms with van der Waals surface area (Å²) in [6.45, 7) is 3.60. The fourth-order valence-corrected chi connectivity index (χ4v) is 6.07. The van der Waals surface area contributed by atoms with E-state index in [9.17, 15) is 18.4 Å². The molecule has 5 rings (SSSR count). The highest BCUT2D eigenvalue weighted by Gasteiger charge is 2.68. The number of amides is 3. The summed E-state index contributed by atoms with van der Waals surface area (Å²) in [6.07, 6.45) is 3.81. The number of ether oxygens (including phenoxy) is 2. The molecule has 8 heteroatoms. The van der Waals surface area contributed by atoms with Crippen LogP contribution in [-0.4, -0.2) is 48.6 Å². The standard InChI is InChI=1S/C24H30F2N2O4/c1-14(2)28-20(29)24(27-21(28)30)19-10-18(32-13-16-12-23(16,25)26)5-4-15(19)11-22(24)8-6-17(31-3)7-9-22/h4-5,10,14,16-17H,6-9,11-13H2,1-3H3,(H,27,30). The van der Waals surface area contributed by atoms with Crippen LogP contribution >= 0.6 is 0 Å². The molecule has 2 unspecified atom stereocenters. The topological polar surface area (TPSA) is 67.9 Å². The molecule has 4 aliphatic rings. The first kappa shape index (κ1) is 21.6. The van der Waals surface area contributed by atoms with Crippen LogP contribution in [0.3, 0.4) is 0 Å². The molecule has 1 aromatic rings. The summed E-state index contributed by atoms with van der Waals surface area (Å²) in [6, 6.07) is 4.85. The Labute approximate surface area is 186 Å². The number of benzene rings is 1. The number of nitrogens with one attached hydrogen (secondary N) is 1. The first-order valence-electron chi connectivity index (χ1n) is 11.5. The van der Waals surface area contributed by atoms with Crippen molar-refractivity contribution in [1.29, 1.82) is 0 Å². The highest BCUT2D eigenvalue weighted by atomic mass is 19.3. The van der Waals surface area contributed by atoms with E-state index in [1.165, 1.54) is 4.90 Å². The fraction of sp³-hybridized carbons (Fsp3) is 0.667. The lowest BCUT2D eigenvalue weighted by Gasteiger charge is -2.46. The van der Waals surface area contributed by atoms with E-state index in [0.717, 1.165) is 36.8 Å². The number of imide groups is 1. The number of rotatable bonds is 5. The maximum absolute atomic E-state index is 13.9. The van der Waals surface area contributed by atoms with Crippen molar-refractivity contribution >= 4 is 11.9 Å². The van der Waals surface area contributed by atoms with E-state index in [1.54, 1.807) is 19.2 Å². The SMILES string of the molecule is COC1CCC2(CC1)Cc1ccc(OCC3CC3(F)F)cc1C21NC(=O)N(C(C)C)C1=O. The number of nitrogens with zero attached hydrogens (tertiary/aromatic N) is 1. The maximum atomic E-state index is 13.9. The van der Waals surface area contributed by atoms with Crippen molar-refractivity contribution in [3.8, 4) is 5.75 Å². The zero-order valence-corrected chi connectivity index (χ0v) is 18.7. The molecule has 2 atom stereocenters. The Morgan fingerprint density at radius 3 is 2.47 bits per heavy atom. The third-order valence-electron chi connectivity index (χ3n) is 8.01. The monoisotopic (exact) mass is 448 g/mol. The number of carbonyl (C=O) groups excluding carboxylic acids is 2. The molecule has 2 saturated carbocycles. The average Bonchev–Trinajstić information content (AvgIpc) is 3.14. The van der Waals surface area contributed by atoms with Gasteiger partial charge >= 0.3 is 6.03 Å². The van der Waals surface area contributed by atoms with Crippen LogP contribution in [0.5, 0.6) is 5.75 Å². The van der Waals surface area contributed by atoms with E-state index in [2.05, 4.69) is 5.32 Å². The summed E-state index contributed by atoms with van der Waals surface area (Å²) in [5.74, 6) is -3.17. The van der Waals surface area contributed by atoms with Gasteiger partial charge in [-0.15, -0.1) is 0 Å². The molecule has 1 heterocycles. The first-order chi connectivity index (χ1) is 15.1. The molecule has 3 amide bonds.